The van der Waals surface area contributed by atoms with E-state index in [1.807, 2.05) is 30.3 Å². The molecule has 1 heterocycles. The molecule has 3 rings (SSSR count). The zero-order valence-corrected chi connectivity index (χ0v) is 15.8. The minimum atomic E-state index is -0.639. The second-order valence-corrected chi connectivity index (χ2v) is 7.19. The van der Waals surface area contributed by atoms with Crippen LogP contribution in [0.3, 0.4) is 0 Å². The van der Waals surface area contributed by atoms with E-state index >= 15 is 0 Å². The summed E-state index contributed by atoms with van der Waals surface area (Å²) in [6.45, 7) is 1.98. The van der Waals surface area contributed by atoms with Crippen LogP contribution in [0.15, 0.2) is 54.6 Å². The van der Waals surface area contributed by atoms with Gasteiger partial charge < -0.3 is 15.4 Å². The van der Waals surface area contributed by atoms with E-state index in [1.54, 1.807) is 12.1 Å². The van der Waals surface area contributed by atoms with Crippen molar-refractivity contribution in [2.75, 3.05) is 19.8 Å². The molecule has 142 valence electrons. The van der Waals surface area contributed by atoms with Crippen LogP contribution in [0.4, 0.5) is 0 Å². The Kier molecular flexibility index (Phi) is 6.48. The van der Waals surface area contributed by atoms with Gasteiger partial charge in [-0.2, -0.15) is 0 Å². The van der Waals surface area contributed by atoms with Gasteiger partial charge in [0.05, 0.1) is 0 Å². The zero-order valence-electron chi connectivity index (χ0n) is 15.0. The number of ether oxygens (including phenoxy) is 1. The zero-order chi connectivity index (χ0) is 19.1. The van der Waals surface area contributed by atoms with Crippen LogP contribution >= 0.6 is 11.6 Å². The van der Waals surface area contributed by atoms with E-state index in [1.165, 1.54) is 0 Å². The van der Waals surface area contributed by atoms with Crippen LogP contribution in [0, 0.1) is 0 Å². The first-order valence-corrected chi connectivity index (χ1v) is 9.41. The van der Waals surface area contributed by atoms with Crippen LogP contribution in [-0.4, -0.2) is 31.6 Å². The fourth-order valence-electron chi connectivity index (χ4n) is 3.32. The van der Waals surface area contributed by atoms with Crippen LogP contribution < -0.4 is 10.6 Å². The molecule has 1 aliphatic rings. The highest BCUT2D eigenvalue weighted by molar-refractivity contribution is 6.35. The van der Waals surface area contributed by atoms with E-state index in [0.717, 1.165) is 24.0 Å². The van der Waals surface area contributed by atoms with Gasteiger partial charge in [-0.1, -0.05) is 54.1 Å². The van der Waals surface area contributed by atoms with Crippen LogP contribution in [0.5, 0.6) is 0 Å². The highest BCUT2D eigenvalue weighted by Crippen LogP contribution is 2.34. The first-order chi connectivity index (χ1) is 13.1. The number of carbonyl (C=O) groups excluding carboxylic acids is 2. The van der Waals surface area contributed by atoms with Crippen molar-refractivity contribution in [3.05, 3.63) is 70.7 Å². The SMILES string of the molecule is O=C(NCc1ccc(Cl)cc1)C(=O)NCC1(c2ccccc2)CCOCC1. The van der Waals surface area contributed by atoms with Crippen molar-refractivity contribution < 1.29 is 14.3 Å². The molecular weight excluding hydrogens is 364 g/mol. The maximum absolute atomic E-state index is 12.3. The van der Waals surface area contributed by atoms with E-state index in [2.05, 4.69) is 22.8 Å². The minimum Gasteiger partial charge on any atom is -0.381 e. The number of hydrogen-bond donors (Lipinski definition) is 2. The summed E-state index contributed by atoms with van der Waals surface area (Å²) in [4.78, 5) is 24.4. The van der Waals surface area contributed by atoms with Crippen molar-refractivity contribution in [3.63, 3.8) is 0 Å². The fourth-order valence-corrected chi connectivity index (χ4v) is 3.44. The maximum atomic E-state index is 12.3. The molecule has 1 fully saturated rings. The standard InChI is InChI=1S/C21H23ClN2O3/c22-18-8-6-16(7-9-18)14-23-19(25)20(26)24-15-21(10-12-27-13-11-21)17-4-2-1-3-5-17/h1-9H,10-15H2,(H,23,25)(H,24,26). The predicted molar refractivity (Wildman–Crippen MR) is 104 cm³/mol. The Balaban J connectivity index is 1.57. The molecule has 0 atom stereocenters. The minimum absolute atomic E-state index is 0.203. The third-order valence-corrected chi connectivity index (χ3v) is 5.25. The first kappa shape index (κ1) is 19.4. The van der Waals surface area contributed by atoms with Crippen LogP contribution in [-0.2, 0) is 26.3 Å². The molecule has 2 aromatic carbocycles. The van der Waals surface area contributed by atoms with Crippen LogP contribution in [0.2, 0.25) is 5.02 Å². The van der Waals surface area contributed by atoms with E-state index < -0.39 is 11.8 Å². The number of rotatable bonds is 5. The second kappa shape index (κ2) is 9.02. The van der Waals surface area contributed by atoms with Gasteiger partial charge in [0.2, 0.25) is 0 Å². The van der Waals surface area contributed by atoms with Crippen molar-refractivity contribution in [2.45, 2.75) is 24.8 Å². The Morgan fingerprint density at radius 2 is 1.56 bits per heavy atom. The highest BCUT2D eigenvalue weighted by atomic mass is 35.5. The molecule has 1 aliphatic heterocycles. The lowest BCUT2D eigenvalue weighted by Crippen LogP contribution is -2.48. The van der Waals surface area contributed by atoms with Crippen molar-refractivity contribution in [1.82, 2.24) is 10.6 Å². The van der Waals surface area contributed by atoms with Gasteiger partial charge in [0, 0.05) is 36.7 Å². The Morgan fingerprint density at radius 3 is 2.22 bits per heavy atom. The number of amides is 2. The summed E-state index contributed by atoms with van der Waals surface area (Å²) in [5, 5.41) is 6.08. The normalized spacial score (nSPS) is 15.7. The average Bonchev–Trinajstić information content (AvgIpc) is 2.72. The molecule has 0 unspecified atom stereocenters. The van der Waals surface area contributed by atoms with Crippen LogP contribution in [0.1, 0.15) is 24.0 Å². The summed E-state index contributed by atoms with van der Waals surface area (Å²) in [6, 6.07) is 17.2. The highest BCUT2D eigenvalue weighted by Gasteiger charge is 2.35. The molecule has 2 amide bonds. The van der Waals surface area contributed by atoms with E-state index in [0.29, 0.717) is 24.8 Å². The molecule has 0 saturated carbocycles. The molecule has 5 nitrogen and oxygen atoms in total. The van der Waals surface area contributed by atoms with Crippen molar-refractivity contribution in [3.8, 4) is 0 Å². The Hall–Kier alpha value is -2.37. The van der Waals surface area contributed by atoms with Gasteiger partial charge in [0.1, 0.15) is 0 Å². The molecule has 2 aromatic rings. The Morgan fingerprint density at radius 1 is 0.926 bits per heavy atom. The van der Waals surface area contributed by atoms with Gasteiger partial charge in [-0.25, -0.2) is 0 Å². The van der Waals surface area contributed by atoms with Gasteiger partial charge in [0.15, 0.2) is 0 Å². The van der Waals surface area contributed by atoms with Crippen LogP contribution in [0.25, 0.3) is 0 Å². The third-order valence-electron chi connectivity index (χ3n) is 5.00. The molecule has 0 spiro atoms. The summed E-state index contributed by atoms with van der Waals surface area (Å²) in [5.41, 5.74) is 1.84. The largest absolute Gasteiger partial charge is 0.381 e. The summed E-state index contributed by atoms with van der Waals surface area (Å²) in [6.07, 6.45) is 1.62. The number of halogens is 1. The summed E-state index contributed by atoms with van der Waals surface area (Å²) < 4.78 is 5.50. The fraction of sp³-hybridized carbons (Fsp3) is 0.333. The number of carbonyl (C=O) groups is 2. The Labute approximate surface area is 164 Å². The molecule has 1 saturated heterocycles. The lowest BCUT2D eigenvalue weighted by molar-refractivity contribution is -0.139. The molecule has 27 heavy (non-hydrogen) atoms. The monoisotopic (exact) mass is 386 g/mol. The molecule has 6 heteroatoms. The summed E-state index contributed by atoms with van der Waals surface area (Å²) in [7, 11) is 0. The van der Waals surface area contributed by atoms with Gasteiger partial charge in [-0.15, -0.1) is 0 Å². The van der Waals surface area contributed by atoms with Gasteiger partial charge in [-0.05, 0) is 36.1 Å². The topological polar surface area (TPSA) is 67.4 Å². The lowest BCUT2D eigenvalue weighted by Gasteiger charge is -2.37. The number of benzene rings is 2. The molecule has 0 aromatic heterocycles. The average molecular weight is 387 g/mol. The molecule has 0 aliphatic carbocycles. The Bertz CT molecular complexity index is 772. The summed E-state index contributed by atoms with van der Waals surface area (Å²) >= 11 is 5.84. The predicted octanol–water partition coefficient (Wildman–Crippen LogP) is 2.82. The molecular formula is C21H23ClN2O3. The molecule has 0 radical (unpaired) electrons. The van der Waals surface area contributed by atoms with Crippen molar-refractivity contribution >= 4 is 23.4 Å². The molecule has 2 N–H and O–H groups in total. The van der Waals surface area contributed by atoms with E-state index in [4.69, 9.17) is 16.3 Å². The van der Waals surface area contributed by atoms with Gasteiger partial charge >= 0.3 is 11.8 Å². The summed E-state index contributed by atoms with van der Waals surface area (Å²) in [5.74, 6) is -1.26. The van der Waals surface area contributed by atoms with Gasteiger partial charge in [-0.3, -0.25) is 9.59 Å². The number of nitrogens with one attached hydrogen (secondary N) is 2. The maximum Gasteiger partial charge on any atom is 0.309 e. The smallest absolute Gasteiger partial charge is 0.309 e. The quantitative estimate of drug-likeness (QED) is 0.776. The number of hydrogen-bond acceptors (Lipinski definition) is 3. The first-order valence-electron chi connectivity index (χ1n) is 9.03. The van der Waals surface area contributed by atoms with E-state index in [9.17, 15) is 9.59 Å². The van der Waals surface area contributed by atoms with Crippen molar-refractivity contribution in [1.29, 1.82) is 0 Å². The van der Waals surface area contributed by atoms with Crippen molar-refractivity contribution in [2.24, 2.45) is 0 Å². The van der Waals surface area contributed by atoms with E-state index in [-0.39, 0.29) is 12.0 Å². The third kappa shape index (κ3) is 5.08. The molecule has 0 bridgehead atoms. The van der Waals surface area contributed by atoms with Gasteiger partial charge in [0.25, 0.3) is 0 Å². The lowest BCUT2D eigenvalue weighted by atomic mass is 9.74. The second-order valence-electron chi connectivity index (χ2n) is 6.75.